The van der Waals surface area contributed by atoms with E-state index in [2.05, 4.69) is 5.32 Å². The summed E-state index contributed by atoms with van der Waals surface area (Å²) in [6.07, 6.45) is 2.36. The Morgan fingerprint density at radius 3 is 2.84 bits per heavy atom. The van der Waals surface area contributed by atoms with Crippen molar-refractivity contribution in [3.05, 3.63) is 28.3 Å². The van der Waals surface area contributed by atoms with Gasteiger partial charge in [-0.3, -0.25) is 10.1 Å². The molecule has 0 unspecified atom stereocenters. The first-order valence-electron chi connectivity index (χ1n) is 6.34. The fraction of sp³-hybridized carbons (Fsp3) is 0.538. The Bertz CT molecular complexity index is 448. The Hall–Kier alpha value is -1.43. The average molecular weight is 282 g/mol. The van der Waals surface area contributed by atoms with Crippen molar-refractivity contribution in [1.82, 2.24) is 0 Å². The zero-order valence-corrected chi connectivity index (χ0v) is 11.7. The molecule has 1 aliphatic rings. The van der Waals surface area contributed by atoms with Crippen LogP contribution in [0.2, 0.25) is 0 Å². The lowest BCUT2D eigenvalue weighted by molar-refractivity contribution is -0.384. The molecule has 1 aromatic carbocycles. The number of hydrogen-bond donors (Lipinski definition) is 1. The number of rotatable bonds is 5. The molecule has 0 aliphatic carbocycles. The van der Waals surface area contributed by atoms with E-state index in [9.17, 15) is 10.1 Å². The number of methoxy groups -OCH3 is 1. The van der Waals surface area contributed by atoms with E-state index in [-0.39, 0.29) is 10.6 Å². The van der Waals surface area contributed by atoms with Crippen LogP contribution in [0, 0.1) is 16.0 Å². The summed E-state index contributed by atoms with van der Waals surface area (Å²) in [6.45, 7) is 0.799. The van der Waals surface area contributed by atoms with E-state index in [1.165, 1.54) is 37.5 Å². The fourth-order valence-corrected chi connectivity index (χ4v) is 3.35. The first-order chi connectivity index (χ1) is 9.20. The largest absolute Gasteiger partial charge is 0.496 e. The van der Waals surface area contributed by atoms with Gasteiger partial charge in [-0.05, 0) is 42.4 Å². The maximum Gasteiger partial charge on any atom is 0.296 e. The van der Waals surface area contributed by atoms with E-state index in [0.717, 1.165) is 6.54 Å². The number of thioether (sulfide) groups is 1. The normalized spacial score (nSPS) is 16.1. The van der Waals surface area contributed by atoms with E-state index >= 15 is 0 Å². The monoisotopic (exact) mass is 282 g/mol. The van der Waals surface area contributed by atoms with Crippen molar-refractivity contribution in [1.29, 1.82) is 0 Å². The number of anilines is 1. The molecule has 0 spiro atoms. The highest BCUT2D eigenvalue weighted by molar-refractivity contribution is 7.99. The van der Waals surface area contributed by atoms with Gasteiger partial charge >= 0.3 is 0 Å². The molecule has 6 heteroatoms. The minimum Gasteiger partial charge on any atom is -0.496 e. The van der Waals surface area contributed by atoms with Crippen molar-refractivity contribution in [3.63, 3.8) is 0 Å². The molecule has 5 nitrogen and oxygen atoms in total. The van der Waals surface area contributed by atoms with Crippen molar-refractivity contribution in [2.45, 2.75) is 12.8 Å². The summed E-state index contributed by atoms with van der Waals surface area (Å²) in [7, 11) is 1.51. The lowest BCUT2D eigenvalue weighted by Gasteiger charge is -2.22. The maximum absolute atomic E-state index is 11.0. The number of ether oxygens (including phenoxy) is 1. The van der Waals surface area contributed by atoms with Crippen LogP contribution in [0.4, 0.5) is 11.4 Å². The molecule has 0 amide bonds. The van der Waals surface area contributed by atoms with E-state index in [4.69, 9.17) is 4.74 Å². The van der Waals surface area contributed by atoms with Crippen LogP contribution in [0.25, 0.3) is 0 Å². The molecular weight excluding hydrogens is 264 g/mol. The second-order valence-electron chi connectivity index (χ2n) is 4.58. The second kappa shape index (κ2) is 6.65. The lowest BCUT2D eigenvalue weighted by atomic mass is 10.0. The topological polar surface area (TPSA) is 64.4 Å². The van der Waals surface area contributed by atoms with Gasteiger partial charge in [-0.25, -0.2) is 0 Å². The summed E-state index contributed by atoms with van der Waals surface area (Å²) in [5.74, 6) is 3.50. The summed E-state index contributed by atoms with van der Waals surface area (Å²) >= 11 is 1.98. The summed E-state index contributed by atoms with van der Waals surface area (Å²) in [6, 6.07) is 4.92. The molecule has 0 aromatic heterocycles. The van der Waals surface area contributed by atoms with Crippen LogP contribution in [-0.4, -0.2) is 30.1 Å². The van der Waals surface area contributed by atoms with Gasteiger partial charge < -0.3 is 10.1 Å². The lowest BCUT2D eigenvalue weighted by Crippen LogP contribution is -2.19. The van der Waals surface area contributed by atoms with Gasteiger partial charge in [-0.1, -0.05) is 0 Å². The van der Waals surface area contributed by atoms with Crippen LogP contribution in [0.5, 0.6) is 5.75 Å². The van der Waals surface area contributed by atoms with Crippen molar-refractivity contribution in [3.8, 4) is 5.75 Å². The highest BCUT2D eigenvalue weighted by Crippen LogP contribution is 2.30. The van der Waals surface area contributed by atoms with Gasteiger partial charge in [-0.15, -0.1) is 0 Å². The Balaban J connectivity index is 2.04. The predicted octanol–water partition coefficient (Wildman–Crippen LogP) is 3.16. The first-order valence-corrected chi connectivity index (χ1v) is 7.50. The van der Waals surface area contributed by atoms with Gasteiger partial charge in [0.05, 0.1) is 18.1 Å². The van der Waals surface area contributed by atoms with Crippen LogP contribution in [0.15, 0.2) is 18.2 Å². The van der Waals surface area contributed by atoms with Crippen molar-refractivity contribution < 1.29 is 9.66 Å². The molecule has 1 aliphatic heterocycles. The third kappa shape index (κ3) is 3.76. The quantitative estimate of drug-likeness (QED) is 0.664. The van der Waals surface area contributed by atoms with Crippen LogP contribution in [0.1, 0.15) is 12.8 Å². The van der Waals surface area contributed by atoms with E-state index in [0.29, 0.717) is 17.4 Å². The van der Waals surface area contributed by atoms with Crippen molar-refractivity contribution in [2.75, 3.05) is 30.5 Å². The number of benzene rings is 1. The molecule has 1 aromatic rings. The smallest absolute Gasteiger partial charge is 0.296 e. The molecule has 2 rings (SSSR count). The van der Waals surface area contributed by atoms with Gasteiger partial charge in [0.2, 0.25) is 0 Å². The second-order valence-corrected chi connectivity index (χ2v) is 5.80. The molecule has 1 fully saturated rings. The van der Waals surface area contributed by atoms with E-state index in [1.54, 1.807) is 12.1 Å². The first kappa shape index (κ1) is 14.0. The zero-order chi connectivity index (χ0) is 13.7. The summed E-state index contributed by atoms with van der Waals surface area (Å²) < 4.78 is 5.02. The fourth-order valence-electron chi connectivity index (χ4n) is 2.14. The highest BCUT2D eigenvalue weighted by Gasteiger charge is 2.18. The number of hydrogen-bond acceptors (Lipinski definition) is 5. The third-order valence-corrected chi connectivity index (χ3v) is 4.37. The van der Waals surface area contributed by atoms with Crippen LogP contribution < -0.4 is 10.1 Å². The van der Waals surface area contributed by atoms with Crippen LogP contribution in [-0.2, 0) is 0 Å². The Morgan fingerprint density at radius 2 is 2.21 bits per heavy atom. The van der Waals surface area contributed by atoms with E-state index in [1.807, 2.05) is 11.8 Å². The van der Waals surface area contributed by atoms with Crippen LogP contribution >= 0.6 is 11.8 Å². The van der Waals surface area contributed by atoms with E-state index < -0.39 is 0 Å². The molecule has 0 radical (unpaired) electrons. The molecule has 0 bridgehead atoms. The average Bonchev–Trinajstić information content (AvgIpc) is 2.46. The minimum absolute atomic E-state index is 0.0736. The van der Waals surface area contributed by atoms with Gasteiger partial charge in [-0.2, -0.15) is 11.8 Å². The van der Waals surface area contributed by atoms with Gasteiger partial charge in [0.25, 0.3) is 5.69 Å². The zero-order valence-electron chi connectivity index (χ0n) is 10.9. The molecule has 0 saturated carbocycles. The Labute approximate surface area is 116 Å². The molecular formula is C13H18N2O3S. The SMILES string of the molecule is COc1ccc(NCC2CCSCC2)c([N+](=O)[O-])c1. The maximum atomic E-state index is 11.0. The Kier molecular flexibility index (Phi) is 4.90. The summed E-state index contributed by atoms with van der Waals surface area (Å²) in [4.78, 5) is 10.7. The van der Waals surface area contributed by atoms with Gasteiger partial charge in [0.1, 0.15) is 11.4 Å². The molecule has 1 heterocycles. The number of nitrogens with one attached hydrogen (secondary N) is 1. The van der Waals surface area contributed by atoms with Gasteiger partial charge in [0.15, 0.2) is 0 Å². The van der Waals surface area contributed by atoms with Crippen molar-refractivity contribution in [2.24, 2.45) is 5.92 Å². The standard InChI is InChI=1S/C13H18N2O3S/c1-18-11-2-3-12(13(8-11)15(16)17)14-9-10-4-6-19-7-5-10/h2-3,8,10,14H,4-7,9H2,1H3. The molecule has 1 N–H and O–H groups in total. The number of nitrogens with zero attached hydrogens (tertiary/aromatic N) is 1. The highest BCUT2D eigenvalue weighted by atomic mass is 32.2. The summed E-state index contributed by atoms with van der Waals surface area (Å²) in [5.41, 5.74) is 0.647. The van der Waals surface area contributed by atoms with Crippen molar-refractivity contribution >= 4 is 23.1 Å². The van der Waals surface area contributed by atoms with Crippen LogP contribution in [0.3, 0.4) is 0 Å². The number of nitro groups is 1. The minimum atomic E-state index is -0.373. The summed E-state index contributed by atoms with van der Waals surface area (Å²) in [5, 5.41) is 14.3. The third-order valence-electron chi connectivity index (χ3n) is 3.32. The molecule has 19 heavy (non-hydrogen) atoms. The Morgan fingerprint density at radius 1 is 1.47 bits per heavy atom. The number of nitro benzene ring substituents is 1. The predicted molar refractivity (Wildman–Crippen MR) is 78.2 cm³/mol. The molecule has 0 atom stereocenters. The van der Waals surface area contributed by atoms with Gasteiger partial charge in [0, 0.05) is 6.54 Å². The molecule has 1 saturated heterocycles. The molecule has 104 valence electrons.